The maximum Gasteiger partial charge on any atom is 0.321 e. The zero-order valence-corrected chi connectivity index (χ0v) is 11.1. The number of hydrogen-bond acceptors (Lipinski definition) is 4. The van der Waals surface area contributed by atoms with Gasteiger partial charge in [-0.2, -0.15) is 0 Å². The van der Waals surface area contributed by atoms with Crippen molar-refractivity contribution in [2.45, 2.75) is 24.3 Å². The first-order chi connectivity index (χ1) is 8.66. The molecule has 19 heavy (non-hydrogen) atoms. The van der Waals surface area contributed by atoms with Gasteiger partial charge in [0.1, 0.15) is 10.6 Å². The van der Waals surface area contributed by atoms with E-state index in [1.165, 1.54) is 13.8 Å². The predicted molar refractivity (Wildman–Crippen MR) is 66.6 cm³/mol. The summed E-state index contributed by atoms with van der Waals surface area (Å²) in [4.78, 5) is 21.0. The van der Waals surface area contributed by atoms with E-state index < -0.39 is 38.0 Å². The summed E-state index contributed by atoms with van der Waals surface area (Å²) in [6, 6.07) is 2.79. The lowest BCUT2D eigenvalue weighted by molar-refractivity contribution is -0.385. The summed E-state index contributed by atoms with van der Waals surface area (Å²) >= 11 is 0. The van der Waals surface area contributed by atoms with Gasteiger partial charge in [0.15, 0.2) is 0 Å². The molecule has 0 aromatic heterocycles. The van der Waals surface area contributed by atoms with Crippen molar-refractivity contribution in [2.24, 2.45) is 0 Å². The maximum absolute atomic E-state index is 13.1. The van der Waals surface area contributed by atoms with Crippen molar-refractivity contribution in [1.82, 2.24) is 0 Å². The van der Waals surface area contributed by atoms with E-state index in [0.29, 0.717) is 0 Å². The molecule has 0 aliphatic heterocycles. The van der Waals surface area contributed by atoms with Crippen LogP contribution in [0.3, 0.4) is 0 Å². The van der Waals surface area contributed by atoms with Crippen LogP contribution >= 0.6 is 0 Å². The van der Waals surface area contributed by atoms with Gasteiger partial charge in [-0.1, -0.05) is 0 Å². The SMILES string of the molecule is CC(C)(C(=O)O)S(=O)Cc1cc(F)ccc1[N+](=O)[O-]. The van der Waals surface area contributed by atoms with E-state index in [1.54, 1.807) is 0 Å². The summed E-state index contributed by atoms with van der Waals surface area (Å²) in [6.07, 6.45) is 0. The first kappa shape index (κ1) is 15.2. The molecule has 0 aliphatic rings. The highest BCUT2D eigenvalue weighted by Crippen LogP contribution is 2.25. The number of hydrogen-bond donors (Lipinski definition) is 1. The normalized spacial score (nSPS) is 13.0. The van der Waals surface area contributed by atoms with E-state index in [-0.39, 0.29) is 11.3 Å². The fourth-order valence-electron chi connectivity index (χ4n) is 1.27. The number of aliphatic carboxylic acids is 1. The van der Waals surface area contributed by atoms with Gasteiger partial charge in [0, 0.05) is 22.4 Å². The molecule has 0 saturated heterocycles. The molecular weight excluding hydrogens is 277 g/mol. The van der Waals surface area contributed by atoms with Crippen molar-refractivity contribution in [3.8, 4) is 0 Å². The van der Waals surface area contributed by atoms with Gasteiger partial charge in [-0.15, -0.1) is 0 Å². The largest absolute Gasteiger partial charge is 0.480 e. The highest BCUT2D eigenvalue weighted by Gasteiger charge is 2.35. The predicted octanol–water partition coefficient (Wildman–Crippen LogP) is 1.85. The Bertz CT molecular complexity index is 558. The van der Waals surface area contributed by atoms with Crippen molar-refractivity contribution in [3.05, 3.63) is 39.7 Å². The third-order valence-corrected chi connectivity index (χ3v) is 4.50. The van der Waals surface area contributed by atoms with Crippen LogP contribution in [0.5, 0.6) is 0 Å². The minimum absolute atomic E-state index is 0.0855. The van der Waals surface area contributed by atoms with Gasteiger partial charge in [-0.05, 0) is 26.0 Å². The van der Waals surface area contributed by atoms with Crippen LogP contribution in [0.1, 0.15) is 19.4 Å². The Kier molecular flexibility index (Phi) is 4.35. The molecule has 0 amide bonds. The van der Waals surface area contributed by atoms with Crippen molar-refractivity contribution >= 4 is 22.5 Å². The summed E-state index contributed by atoms with van der Waals surface area (Å²) in [5.74, 6) is -2.39. The van der Waals surface area contributed by atoms with E-state index in [4.69, 9.17) is 5.11 Å². The Balaban J connectivity index is 3.12. The van der Waals surface area contributed by atoms with Crippen molar-refractivity contribution in [3.63, 3.8) is 0 Å². The minimum atomic E-state index is -1.92. The second-order valence-corrected chi connectivity index (χ2v) is 6.34. The molecule has 1 unspecified atom stereocenters. The molecule has 0 heterocycles. The van der Waals surface area contributed by atoms with Gasteiger partial charge in [-0.3, -0.25) is 19.1 Å². The van der Waals surface area contributed by atoms with Gasteiger partial charge in [0.05, 0.1) is 10.7 Å². The van der Waals surface area contributed by atoms with Crippen LogP contribution in [0.2, 0.25) is 0 Å². The molecular formula is C11H12FNO5S. The van der Waals surface area contributed by atoms with E-state index in [2.05, 4.69) is 0 Å². The fraction of sp³-hybridized carbons (Fsp3) is 0.364. The molecule has 0 saturated carbocycles. The van der Waals surface area contributed by atoms with Gasteiger partial charge in [0.25, 0.3) is 5.69 Å². The Morgan fingerprint density at radius 1 is 1.53 bits per heavy atom. The quantitative estimate of drug-likeness (QED) is 0.659. The molecule has 1 N–H and O–H groups in total. The average Bonchev–Trinajstić information content (AvgIpc) is 2.28. The molecule has 8 heteroatoms. The first-order valence-electron chi connectivity index (χ1n) is 5.21. The van der Waals surface area contributed by atoms with Crippen LogP contribution in [0, 0.1) is 15.9 Å². The number of nitrogens with zero attached hydrogens (tertiary/aromatic N) is 1. The lowest BCUT2D eigenvalue weighted by Crippen LogP contribution is -2.37. The van der Waals surface area contributed by atoms with Gasteiger partial charge < -0.3 is 5.11 Å². The number of carbonyl (C=O) groups is 1. The van der Waals surface area contributed by atoms with Crippen LogP contribution in [0.15, 0.2) is 18.2 Å². The van der Waals surface area contributed by atoms with Crippen LogP contribution in [-0.2, 0) is 21.3 Å². The van der Waals surface area contributed by atoms with Crippen LogP contribution < -0.4 is 0 Å². The van der Waals surface area contributed by atoms with Crippen LogP contribution in [0.25, 0.3) is 0 Å². The number of benzene rings is 1. The summed E-state index contributed by atoms with van der Waals surface area (Å²) < 4.78 is 23.5. The minimum Gasteiger partial charge on any atom is -0.480 e. The summed E-state index contributed by atoms with van der Waals surface area (Å²) in [5.41, 5.74) is -0.464. The fourth-order valence-corrected chi connectivity index (χ4v) is 2.34. The summed E-state index contributed by atoms with van der Waals surface area (Å²) in [7, 11) is -1.92. The van der Waals surface area contributed by atoms with E-state index in [1.807, 2.05) is 0 Å². The molecule has 1 aromatic rings. The smallest absolute Gasteiger partial charge is 0.321 e. The Labute approximate surface area is 110 Å². The molecule has 1 rings (SSSR count). The third-order valence-electron chi connectivity index (χ3n) is 2.61. The standard InChI is InChI=1S/C11H12FNO5S/c1-11(2,10(14)15)19(18)6-7-5-8(12)3-4-9(7)13(16)17/h3-5H,6H2,1-2H3,(H,14,15). The zero-order chi connectivity index (χ0) is 14.8. The van der Waals surface area contributed by atoms with E-state index in [0.717, 1.165) is 18.2 Å². The monoisotopic (exact) mass is 289 g/mol. The molecule has 0 aliphatic carbocycles. The topological polar surface area (TPSA) is 97.5 Å². The molecule has 1 aromatic carbocycles. The lowest BCUT2D eigenvalue weighted by Gasteiger charge is -2.18. The first-order valence-corrected chi connectivity index (χ1v) is 6.53. The van der Waals surface area contributed by atoms with Crippen molar-refractivity contribution in [2.75, 3.05) is 0 Å². The van der Waals surface area contributed by atoms with Gasteiger partial charge >= 0.3 is 5.97 Å². The van der Waals surface area contributed by atoms with E-state index in [9.17, 15) is 23.5 Å². The second-order valence-electron chi connectivity index (χ2n) is 4.34. The third kappa shape index (κ3) is 3.34. The molecule has 0 bridgehead atoms. The number of nitro benzene ring substituents is 1. The van der Waals surface area contributed by atoms with Gasteiger partial charge in [-0.25, -0.2) is 4.39 Å². The number of carboxylic acid groups (broad SMARTS) is 1. The molecule has 0 fully saturated rings. The summed E-state index contributed by atoms with van der Waals surface area (Å²) in [6.45, 7) is 2.49. The number of halogens is 1. The zero-order valence-electron chi connectivity index (χ0n) is 10.3. The maximum atomic E-state index is 13.1. The molecule has 0 radical (unpaired) electrons. The Morgan fingerprint density at radius 2 is 2.11 bits per heavy atom. The van der Waals surface area contributed by atoms with Crippen LogP contribution in [-0.4, -0.2) is 25.0 Å². The number of carboxylic acids is 1. The van der Waals surface area contributed by atoms with Gasteiger partial charge in [0.2, 0.25) is 0 Å². The summed E-state index contributed by atoms with van der Waals surface area (Å²) in [5, 5.41) is 19.7. The highest BCUT2D eigenvalue weighted by molar-refractivity contribution is 7.86. The van der Waals surface area contributed by atoms with Crippen LogP contribution in [0.4, 0.5) is 10.1 Å². The lowest BCUT2D eigenvalue weighted by atomic mass is 10.2. The number of rotatable bonds is 5. The Morgan fingerprint density at radius 3 is 2.58 bits per heavy atom. The number of nitro groups is 1. The molecule has 6 nitrogen and oxygen atoms in total. The van der Waals surface area contributed by atoms with Crippen molar-refractivity contribution in [1.29, 1.82) is 0 Å². The molecule has 104 valence electrons. The highest BCUT2D eigenvalue weighted by atomic mass is 32.2. The second kappa shape index (κ2) is 5.43. The average molecular weight is 289 g/mol. The molecule has 1 atom stereocenters. The Hall–Kier alpha value is -1.83. The van der Waals surface area contributed by atoms with Crippen molar-refractivity contribution < 1.29 is 23.4 Å². The van der Waals surface area contributed by atoms with E-state index >= 15 is 0 Å². The molecule has 0 spiro atoms.